The van der Waals surface area contributed by atoms with Gasteiger partial charge in [0.1, 0.15) is 0 Å². The SMILES string of the molecule is C.C=C(C)Cl.C=C(C)Cl.F. The Labute approximate surface area is 72.9 Å². The first kappa shape index (κ1) is 22.5. The van der Waals surface area contributed by atoms with Crippen LogP contribution < -0.4 is 0 Å². The summed E-state index contributed by atoms with van der Waals surface area (Å²) >= 11 is 10.2. The summed E-state index contributed by atoms with van der Waals surface area (Å²) in [6.45, 7) is 10.1. The van der Waals surface area contributed by atoms with Crippen LogP contribution in [-0.4, -0.2) is 0 Å². The maximum Gasteiger partial charge on any atom is 0.00778 e. The van der Waals surface area contributed by atoms with Crippen LogP contribution in [0.1, 0.15) is 21.3 Å². The van der Waals surface area contributed by atoms with Gasteiger partial charge >= 0.3 is 0 Å². The Kier molecular flexibility index (Phi) is 36.0. The zero-order valence-electron chi connectivity index (χ0n) is 5.58. The van der Waals surface area contributed by atoms with Crippen molar-refractivity contribution in [3.8, 4) is 0 Å². The second-order valence-electron chi connectivity index (χ2n) is 1.35. The lowest BCUT2D eigenvalue weighted by Gasteiger charge is -1.61. The number of hydrogen-bond donors (Lipinski definition) is 0. The Hall–Kier alpha value is -0.0100. The van der Waals surface area contributed by atoms with E-state index < -0.39 is 0 Å². The molecule has 0 aliphatic rings. The highest BCUT2D eigenvalue weighted by molar-refractivity contribution is 6.29. The molecule has 0 aliphatic carbocycles. The molecule has 0 aromatic heterocycles. The highest BCUT2D eigenvalue weighted by Gasteiger charge is 1.56. The van der Waals surface area contributed by atoms with Gasteiger partial charge in [-0.2, -0.15) is 0 Å². The van der Waals surface area contributed by atoms with Gasteiger partial charge in [-0.3, -0.25) is 4.70 Å². The fraction of sp³-hybridized carbons (Fsp3) is 0.429. The molecular formula is C7H15Cl2F. The average molecular weight is 189 g/mol. The lowest BCUT2D eigenvalue weighted by molar-refractivity contribution is 1.11. The van der Waals surface area contributed by atoms with Gasteiger partial charge in [-0.15, -0.1) is 0 Å². The van der Waals surface area contributed by atoms with Gasteiger partial charge in [0.2, 0.25) is 0 Å². The van der Waals surface area contributed by atoms with Crippen LogP contribution in [0.15, 0.2) is 23.2 Å². The molecule has 0 unspecified atom stereocenters. The first-order valence-electron chi connectivity index (χ1n) is 2.09. The van der Waals surface area contributed by atoms with E-state index in [0.717, 1.165) is 0 Å². The number of halogens is 3. The number of rotatable bonds is 0. The molecule has 0 heterocycles. The lowest BCUT2D eigenvalue weighted by atomic mass is 10.8. The number of hydrogen-bond acceptors (Lipinski definition) is 0. The van der Waals surface area contributed by atoms with Gasteiger partial charge in [0.15, 0.2) is 0 Å². The average Bonchev–Trinajstić information content (AvgIpc) is 1.25. The van der Waals surface area contributed by atoms with E-state index in [1.54, 1.807) is 13.8 Å². The second kappa shape index (κ2) is 16.0. The first-order chi connectivity index (χ1) is 3.46. The summed E-state index contributed by atoms with van der Waals surface area (Å²) in [5.74, 6) is 0. The highest BCUT2D eigenvalue weighted by Crippen LogP contribution is 1.88. The van der Waals surface area contributed by atoms with Gasteiger partial charge in [0.05, 0.1) is 0 Å². The predicted octanol–water partition coefficient (Wildman–Crippen LogP) is 4.31. The Bertz CT molecular complexity index is 69.6. The molecule has 0 radical (unpaired) electrons. The highest BCUT2D eigenvalue weighted by atomic mass is 35.5. The summed E-state index contributed by atoms with van der Waals surface area (Å²) in [7, 11) is 0. The van der Waals surface area contributed by atoms with Crippen LogP contribution in [0.2, 0.25) is 0 Å². The number of allylic oxidation sites excluding steroid dienone is 2. The molecule has 0 nitrogen and oxygen atoms in total. The normalized spacial score (nSPS) is 5.20. The fourth-order valence-corrected chi connectivity index (χ4v) is 0. The van der Waals surface area contributed by atoms with Gasteiger partial charge < -0.3 is 0 Å². The molecule has 0 amide bonds. The Morgan fingerprint density at radius 3 is 1.00 bits per heavy atom. The maximum atomic E-state index is 5.08. The summed E-state index contributed by atoms with van der Waals surface area (Å²) in [5, 5.41) is 1.28. The molecule has 0 bridgehead atoms. The van der Waals surface area contributed by atoms with E-state index in [4.69, 9.17) is 23.2 Å². The zero-order chi connectivity index (χ0) is 7.15. The largest absolute Gasteiger partial charge is 0.269 e. The van der Waals surface area contributed by atoms with E-state index in [9.17, 15) is 0 Å². The lowest BCUT2D eigenvalue weighted by Crippen LogP contribution is -1.34. The third kappa shape index (κ3) is 3900000. The van der Waals surface area contributed by atoms with Crippen molar-refractivity contribution in [2.75, 3.05) is 0 Å². The van der Waals surface area contributed by atoms with E-state index in [1.165, 1.54) is 0 Å². The molecular weight excluding hydrogens is 174 g/mol. The zero-order valence-corrected chi connectivity index (χ0v) is 7.09. The molecule has 64 valence electrons. The third-order valence-electron chi connectivity index (χ3n) is 0. The van der Waals surface area contributed by atoms with Crippen LogP contribution in [0.5, 0.6) is 0 Å². The summed E-state index contributed by atoms with van der Waals surface area (Å²) in [4.78, 5) is 0. The van der Waals surface area contributed by atoms with E-state index in [1.807, 2.05) is 0 Å². The molecule has 0 fully saturated rings. The first-order valence-corrected chi connectivity index (χ1v) is 2.84. The van der Waals surface area contributed by atoms with Crippen LogP contribution in [-0.2, 0) is 0 Å². The minimum atomic E-state index is 0. The quantitative estimate of drug-likeness (QED) is 0.532. The molecule has 0 saturated heterocycles. The van der Waals surface area contributed by atoms with Gasteiger partial charge in [-0.25, -0.2) is 0 Å². The molecule has 0 atom stereocenters. The van der Waals surface area contributed by atoms with Crippen molar-refractivity contribution in [1.29, 1.82) is 0 Å². The minimum Gasteiger partial charge on any atom is -0.269 e. The Morgan fingerprint density at radius 1 is 1.00 bits per heavy atom. The monoisotopic (exact) mass is 188 g/mol. The Balaban J connectivity index is -0.0000000300. The van der Waals surface area contributed by atoms with E-state index >= 15 is 0 Å². The van der Waals surface area contributed by atoms with E-state index in [0.29, 0.717) is 10.1 Å². The van der Waals surface area contributed by atoms with E-state index in [2.05, 4.69) is 13.2 Å². The summed E-state index contributed by atoms with van der Waals surface area (Å²) < 4.78 is 0. The van der Waals surface area contributed by atoms with Gasteiger partial charge in [0, 0.05) is 10.1 Å². The van der Waals surface area contributed by atoms with Crippen molar-refractivity contribution in [3.63, 3.8) is 0 Å². The summed E-state index contributed by atoms with van der Waals surface area (Å²) in [6, 6.07) is 0. The Morgan fingerprint density at radius 2 is 1.00 bits per heavy atom. The molecule has 0 spiro atoms. The molecule has 0 aromatic carbocycles. The van der Waals surface area contributed by atoms with Crippen molar-refractivity contribution >= 4 is 23.2 Å². The summed E-state index contributed by atoms with van der Waals surface area (Å²) in [5.41, 5.74) is 0. The smallest absolute Gasteiger partial charge is 0.00778 e. The second-order valence-corrected chi connectivity index (χ2v) is 2.64. The predicted molar refractivity (Wildman–Crippen MR) is 50.6 cm³/mol. The van der Waals surface area contributed by atoms with Gasteiger partial charge in [-0.1, -0.05) is 43.8 Å². The van der Waals surface area contributed by atoms with Crippen molar-refractivity contribution < 1.29 is 4.70 Å². The van der Waals surface area contributed by atoms with E-state index in [-0.39, 0.29) is 12.1 Å². The van der Waals surface area contributed by atoms with Crippen LogP contribution in [0.25, 0.3) is 0 Å². The van der Waals surface area contributed by atoms with Crippen molar-refractivity contribution in [2.45, 2.75) is 21.3 Å². The molecule has 10 heavy (non-hydrogen) atoms. The van der Waals surface area contributed by atoms with Crippen molar-refractivity contribution in [1.82, 2.24) is 0 Å². The molecule has 0 N–H and O–H groups in total. The third-order valence-corrected chi connectivity index (χ3v) is 0. The topological polar surface area (TPSA) is 0 Å². The molecule has 3 heteroatoms. The standard InChI is InChI=1S/2C3H5Cl.CH4.FH/c2*1-3(2)4;;/h2*1H2,2H3;1H4;1H. The molecule has 0 aliphatic heterocycles. The van der Waals surface area contributed by atoms with Crippen molar-refractivity contribution in [2.24, 2.45) is 0 Å². The fourth-order valence-electron chi connectivity index (χ4n) is 0. The van der Waals surface area contributed by atoms with Crippen LogP contribution in [0.3, 0.4) is 0 Å². The molecule has 0 saturated carbocycles. The van der Waals surface area contributed by atoms with Crippen LogP contribution in [0.4, 0.5) is 4.70 Å². The van der Waals surface area contributed by atoms with Crippen molar-refractivity contribution in [3.05, 3.63) is 23.2 Å². The molecule has 0 aromatic rings. The minimum absolute atomic E-state index is 0. The van der Waals surface area contributed by atoms with Crippen LogP contribution in [0, 0.1) is 0 Å². The maximum absolute atomic E-state index is 5.08. The van der Waals surface area contributed by atoms with Crippen LogP contribution >= 0.6 is 23.2 Å². The summed E-state index contributed by atoms with van der Waals surface area (Å²) in [6.07, 6.45) is 0. The van der Waals surface area contributed by atoms with Gasteiger partial charge in [0.25, 0.3) is 0 Å². The van der Waals surface area contributed by atoms with Gasteiger partial charge in [-0.05, 0) is 13.8 Å². The molecule has 0 rings (SSSR count).